The zero-order valence-electron chi connectivity index (χ0n) is 11.7. The molecule has 1 heterocycles. The molecular weight excluding hydrogens is 290 g/mol. The molecule has 0 unspecified atom stereocenters. The molecule has 0 bridgehead atoms. The molecule has 0 aliphatic carbocycles. The zero-order chi connectivity index (χ0) is 15.2. The minimum atomic E-state index is -0.521. The second-order valence-electron chi connectivity index (χ2n) is 4.14. The van der Waals surface area contributed by atoms with Crippen LogP contribution in [0.3, 0.4) is 0 Å². The molecule has 21 heavy (non-hydrogen) atoms. The van der Waals surface area contributed by atoms with Gasteiger partial charge in [0.25, 0.3) is 5.91 Å². The number of ether oxygens (including phenoxy) is 1. The SMILES string of the molecule is CCOC(=O)Nc1ccc(C(=O)N=c2sccn2C)cc1. The van der Waals surface area contributed by atoms with Crippen molar-refractivity contribution in [2.24, 2.45) is 12.0 Å². The molecule has 0 aliphatic rings. The number of hydrogen-bond acceptors (Lipinski definition) is 4. The van der Waals surface area contributed by atoms with Gasteiger partial charge in [-0.05, 0) is 31.2 Å². The smallest absolute Gasteiger partial charge is 0.411 e. The Labute approximate surface area is 125 Å². The van der Waals surface area contributed by atoms with Gasteiger partial charge in [-0.3, -0.25) is 10.1 Å². The first-order valence-electron chi connectivity index (χ1n) is 6.33. The van der Waals surface area contributed by atoms with Crippen LogP contribution in [0.4, 0.5) is 10.5 Å². The van der Waals surface area contributed by atoms with E-state index in [0.29, 0.717) is 22.7 Å². The number of hydrogen-bond donors (Lipinski definition) is 1. The standard InChI is InChI=1S/C14H15N3O3S/c1-3-20-14(19)15-11-6-4-10(5-7-11)12(18)16-13-17(2)8-9-21-13/h4-9H,3H2,1-2H3,(H,15,19). The number of thiazole rings is 1. The van der Waals surface area contributed by atoms with Crippen molar-refractivity contribution < 1.29 is 14.3 Å². The van der Waals surface area contributed by atoms with Gasteiger partial charge < -0.3 is 9.30 Å². The average molecular weight is 305 g/mol. The van der Waals surface area contributed by atoms with E-state index < -0.39 is 6.09 Å². The van der Waals surface area contributed by atoms with E-state index in [9.17, 15) is 9.59 Å². The number of benzene rings is 1. The number of amides is 2. The Morgan fingerprint density at radius 1 is 1.33 bits per heavy atom. The van der Waals surface area contributed by atoms with Crippen LogP contribution < -0.4 is 10.1 Å². The topological polar surface area (TPSA) is 72.7 Å². The van der Waals surface area contributed by atoms with Gasteiger partial charge in [-0.15, -0.1) is 11.3 Å². The third-order valence-electron chi connectivity index (χ3n) is 2.61. The molecule has 6 nitrogen and oxygen atoms in total. The Morgan fingerprint density at radius 2 is 2.05 bits per heavy atom. The van der Waals surface area contributed by atoms with Crippen LogP contribution in [0.1, 0.15) is 17.3 Å². The molecule has 0 radical (unpaired) electrons. The summed E-state index contributed by atoms with van der Waals surface area (Å²) < 4.78 is 6.55. The highest BCUT2D eigenvalue weighted by Crippen LogP contribution is 2.10. The molecule has 0 fully saturated rings. The molecule has 7 heteroatoms. The van der Waals surface area contributed by atoms with Gasteiger partial charge in [-0.2, -0.15) is 4.99 Å². The van der Waals surface area contributed by atoms with Crippen molar-refractivity contribution >= 4 is 29.0 Å². The van der Waals surface area contributed by atoms with Crippen molar-refractivity contribution in [1.29, 1.82) is 0 Å². The van der Waals surface area contributed by atoms with Gasteiger partial charge in [-0.1, -0.05) is 0 Å². The van der Waals surface area contributed by atoms with Crippen LogP contribution in [0.2, 0.25) is 0 Å². The van der Waals surface area contributed by atoms with Gasteiger partial charge in [0, 0.05) is 29.9 Å². The summed E-state index contributed by atoms with van der Waals surface area (Å²) in [6.45, 7) is 2.03. The van der Waals surface area contributed by atoms with Crippen LogP contribution in [0, 0.1) is 0 Å². The van der Waals surface area contributed by atoms with Crippen molar-refractivity contribution in [3.63, 3.8) is 0 Å². The fourth-order valence-electron chi connectivity index (χ4n) is 1.57. The first-order chi connectivity index (χ1) is 10.1. The van der Waals surface area contributed by atoms with Crippen LogP contribution in [0.5, 0.6) is 0 Å². The number of aromatic nitrogens is 1. The van der Waals surface area contributed by atoms with E-state index in [0.717, 1.165) is 0 Å². The molecule has 0 saturated heterocycles. The van der Waals surface area contributed by atoms with Gasteiger partial charge in [-0.25, -0.2) is 4.79 Å². The maximum Gasteiger partial charge on any atom is 0.411 e. The Balaban J connectivity index is 2.10. The van der Waals surface area contributed by atoms with E-state index in [2.05, 4.69) is 10.3 Å². The quantitative estimate of drug-likeness (QED) is 0.946. The molecule has 2 amide bonds. The Morgan fingerprint density at radius 3 is 2.62 bits per heavy atom. The second kappa shape index (κ2) is 6.85. The molecule has 2 rings (SSSR count). The lowest BCUT2D eigenvalue weighted by molar-refractivity contribution is 0.0998. The number of rotatable bonds is 3. The average Bonchev–Trinajstić information content (AvgIpc) is 2.85. The molecular formula is C14H15N3O3S. The molecule has 0 saturated carbocycles. The predicted molar refractivity (Wildman–Crippen MR) is 80.3 cm³/mol. The predicted octanol–water partition coefficient (Wildman–Crippen LogP) is 2.40. The van der Waals surface area contributed by atoms with Gasteiger partial charge >= 0.3 is 6.09 Å². The Kier molecular flexibility index (Phi) is 4.89. The summed E-state index contributed by atoms with van der Waals surface area (Å²) >= 11 is 1.39. The summed E-state index contributed by atoms with van der Waals surface area (Å²) in [7, 11) is 1.83. The van der Waals surface area contributed by atoms with Gasteiger partial charge in [0.15, 0.2) is 4.80 Å². The summed E-state index contributed by atoms with van der Waals surface area (Å²) in [5.41, 5.74) is 1.02. The molecule has 1 N–H and O–H groups in total. The van der Waals surface area contributed by atoms with E-state index in [-0.39, 0.29) is 5.91 Å². The highest BCUT2D eigenvalue weighted by atomic mass is 32.1. The van der Waals surface area contributed by atoms with Crippen molar-refractivity contribution in [2.45, 2.75) is 6.92 Å². The van der Waals surface area contributed by atoms with E-state index in [1.807, 2.05) is 18.6 Å². The zero-order valence-corrected chi connectivity index (χ0v) is 12.5. The number of aryl methyl sites for hydroxylation is 1. The number of nitrogens with one attached hydrogen (secondary N) is 1. The maximum absolute atomic E-state index is 12.0. The van der Waals surface area contributed by atoms with E-state index in [1.54, 1.807) is 35.8 Å². The number of nitrogens with zero attached hydrogens (tertiary/aromatic N) is 2. The normalized spacial score (nSPS) is 11.2. The molecule has 1 aromatic carbocycles. The molecule has 110 valence electrons. The Hall–Kier alpha value is -2.41. The highest BCUT2D eigenvalue weighted by Gasteiger charge is 2.06. The lowest BCUT2D eigenvalue weighted by Gasteiger charge is -2.05. The molecule has 0 atom stereocenters. The minimum absolute atomic E-state index is 0.305. The van der Waals surface area contributed by atoms with E-state index in [1.165, 1.54) is 11.3 Å². The fraction of sp³-hybridized carbons (Fsp3) is 0.214. The van der Waals surface area contributed by atoms with Gasteiger partial charge in [0.2, 0.25) is 0 Å². The Bertz CT molecular complexity index is 701. The third-order valence-corrected chi connectivity index (χ3v) is 3.46. The lowest BCUT2D eigenvalue weighted by Crippen LogP contribution is -2.14. The first kappa shape index (κ1) is 15.0. The van der Waals surface area contributed by atoms with Gasteiger partial charge in [0.1, 0.15) is 0 Å². The third kappa shape index (κ3) is 4.03. The number of carbonyl (C=O) groups is 2. The minimum Gasteiger partial charge on any atom is -0.450 e. The van der Waals surface area contributed by atoms with Crippen LogP contribution >= 0.6 is 11.3 Å². The van der Waals surface area contributed by atoms with Crippen LogP contribution in [0.25, 0.3) is 0 Å². The van der Waals surface area contributed by atoms with Crippen LogP contribution in [0.15, 0.2) is 40.8 Å². The van der Waals surface area contributed by atoms with E-state index >= 15 is 0 Å². The fourth-order valence-corrected chi connectivity index (χ4v) is 2.30. The summed E-state index contributed by atoms with van der Waals surface area (Å²) in [6, 6.07) is 6.49. The second-order valence-corrected chi connectivity index (χ2v) is 5.01. The van der Waals surface area contributed by atoms with Crippen molar-refractivity contribution in [1.82, 2.24) is 4.57 Å². The summed E-state index contributed by atoms with van der Waals surface area (Å²) in [5, 5.41) is 4.42. The van der Waals surface area contributed by atoms with Crippen LogP contribution in [-0.4, -0.2) is 23.2 Å². The summed E-state index contributed by atoms with van der Waals surface area (Å²) in [4.78, 5) is 27.9. The summed E-state index contributed by atoms with van der Waals surface area (Å²) in [5.74, 6) is -0.323. The molecule has 2 aromatic rings. The number of anilines is 1. The van der Waals surface area contributed by atoms with Crippen molar-refractivity contribution in [2.75, 3.05) is 11.9 Å². The first-order valence-corrected chi connectivity index (χ1v) is 7.21. The van der Waals surface area contributed by atoms with Crippen molar-refractivity contribution in [3.05, 3.63) is 46.2 Å². The van der Waals surface area contributed by atoms with Crippen LogP contribution in [-0.2, 0) is 11.8 Å². The molecule has 1 aromatic heterocycles. The molecule has 0 spiro atoms. The highest BCUT2D eigenvalue weighted by molar-refractivity contribution is 7.07. The van der Waals surface area contributed by atoms with Gasteiger partial charge in [0.05, 0.1) is 6.61 Å². The monoisotopic (exact) mass is 305 g/mol. The number of carbonyl (C=O) groups excluding carboxylic acids is 2. The summed E-state index contributed by atoms with van der Waals surface area (Å²) in [6.07, 6.45) is 1.32. The molecule has 0 aliphatic heterocycles. The van der Waals surface area contributed by atoms with E-state index in [4.69, 9.17) is 4.74 Å². The van der Waals surface area contributed by atoms with Crippen molar-refractivity contribution in [3.8, 4) is 0 Å². The maximum atomic E-state index is 12.0. The largest absolute Gasteiger partial charge is 0.450 e. The lowest BCUT2D eigenvalue weighted by atomic mass is 10.2.